The van der Waals surface area contributed by atoms with Crippen LogP contribution in [0.2, 0.25) is 0 Å². The minimum Gasteiger partial charge on any atom is -0.347 e. The predicted molar refractivity (Wildman–Crippen MR) is 62.0 cm³/mol. The van der Waals surface area contributed by atoms with Crippen molar-refractivity contribution in [2.45, 2.75) is 19.9 Å². The second-order valence-corrected chi connectivity index (χ2v) is 3.99. The maximum absolute atomic E-state index is 5.68. The lowest BCUT2D eigenvalue weighted by Gasteiger charge is -2.03. The molecule has 0 unspecified atom stereocenters. The first-order valence-electron chi connectivity index (χ1n) is 4.93. The second kappa shape index (κ2) is 4.05. The summed E-state index contributed by atoms with van der Waals surface area (Å²) < 4.78 is 2.26. The Kier molecular flexibility index (Phi) is 2.78. The van der Waals surface area contributed by atoms with Crippen LogP contribution in [-0.2, 0) is 6.54 Å². The molecule has 0 fully saturated rings. The molecule has 2 rings (SSSR count). The third-order valence-corrected chi connectivity index (χ3v) is 2.73. The second-order valence-electron chi connectivity index (χ2n) is 3.61. The molecule has 2 aromatic rings. The van der Waals surface area contributed by atoms with Crippen LogP contribution in [0.5, 0.6) is 0 Å². The van der Waals surface area contributed by atoms with E-state index in [1.165, 1.54) is 16.5 Å². The van der Waals surface area contributed by atoms with E-state index in [1.54, 1.807) is 0 Å². The van der Waals surface area contributed by atoms with Gasteiger partial charge >= 0.3 is 0 Å². The molecule has 0 saturated carbocycles. The van der Waals surface area contributed by atoms with Crippen molar-refractivity contribution in [2.75, 3.05) is 5.88 Å². The molecular weight excluding hydrogens is 194 g/mol. The van der Waals surface area contributed by atoms with Crippen LogP contribution in [0, 0.1) is 6.92 Å². The lowest BCUT2D eigenvalue weighted by molar-refractivity contribution is 0.707. The molecule has 0 aliphatic carbocycles. The lowest BCUT2D eigenvalue weighted by atomic mass is 10.2. The van der Waals surface area contributed by atoms with Gasteiger partial charge in [-0.1, -0.05) is 11.6 Å². The molecule has 1 aromatic heterocycles. The molecule has 1 nitrogen and oxygen atoms in total. The number of benzene rings is 1. The highest BCUT2D eigenvalue weighted by molar-refractivity contribution is 6.17. The molecule has 0 atom stereocenters. The summed E-state index contributed by atoms with van der Waals surface area (Å²) in [5, 5.41) is 1.32. The fourth-order valence-corrected chi connectivity index (χ4v) is 1.86. The summed E-state index contributed by atoms with van der Waals surface area (Å²) in [5.41, 5.74) is 2.62. The van der Waals surface area contributed by atoms with Gasteiger partial charge < -0.3 is 4.57 Å². The number of hydrogen-bond acceptors (Lipinski definition) is 0. The fourth-order valence-electron chi connectivity index (χ4n) is 1.74. The maximum atomic E-state index is 5.68. The number of nitrogens with zero attached hydrogens (tertiary/aromatic N) is 1. The van der Waals surface area contributed by atoms with Gasteiger partial charge in [-0.3, -0.25) is 0 Å². The van der Waals surface area contributed by atoms with Crippen LogP contribution in [0.1, 0.15) is 12.0 Å². The van der Waals surface area contributed by atoms with Crippen molar-refractivity contribution in [2.24, 2.45) is 0 Å². The van der Waals surface area contributed by atoms with Gasteiger partial charge in [-0.15, -0.1) is 11.6 Å². The molecule has 0 amide bonds. The molecule has 0 aliphatic heterocycles. The summed E-state index contributed by atoms with van der Waals surface area (Å²) in [7, 11) is 0. The van der Waals surface area contributed by atoms with Crippen LogP contribution < -0.4 is 0 Å². The van der Waals surface area contributed by atoms with Crippen molar-refractivity contribution in [1.82, 2.24) is 4.57 Å². The predicted octanol–water partition coefficient (Wildman–Crippen LogP) is 3.58. The highest BCUT2D eigenvalue weighted by atomic mass is 35.5. The Morgan fingerprint density at radius 3 is 2.93 bits per heavy atom. The van der Waals surface area contributed by atoms with E-state index in [0.29, 0.717) is 0 Å². The van der Waals surface area contributed by atoms with Gasteiger partial charge in [0.1, 0.15) is 0 Å². The molecule has 1 aromatic carbocycles. The van der Waals surface area contributed by atoms with Crippen LogP contribution in [0.4, 0.5) is 0 Å². The Hall–Kier alpha value is -0.950. The van der Waals surface area contributed by atoms with Crippen molar-refractivity contribution in [3.05, 3.63) is 36.0 Å². The first-order chi connectivity index (χ1) is 6.81. The molecule has 0 radical (unpaired) electrons. The number of aryl methyl sites for hydroxylation is 2. The third-order valence-electron chi connectivity index (χ3n) is 2.46. The smallest absolute Gasteiger partial charge is 0.0480 e. The van der Waals surface area contributed by atoms with Gasteiger partial charge in [-0.25, -0.2) is 0 Å². The third kappa shape index (κ3) is 1.78. The molecule has 14 heavy (non-hydrogen) atoms. The minimum absolute atomic E-state index is 0.728. The van der Waals surface area contributed by atoms with Crippen molar-refractivity contribution >= 4 is 22.5 Å². The van der Waals surface area contributed by atoms with E-state index in [9.17, 15) is 0 Å². The van der Waals surface area contributed by atoms with Gasteiger partial charge in [-0.2, -0.15) is 0 Å². The largest absolute Gasteiger partial charge is 0.347 e. The Bertz CT molecular complexity index is 431. The molecule has 74 valence electrons. The molecular formula is C12H14ClN. The Morgan fingerprint density at radius 2 is 2.14 bits per heavy atom. The van der Waals surface area contributed by atoms with Crippen LogP contribution >= 0.6 is 11.6 Å². The first kappa shape index (κ1) is 9.60. The van der Waals surface area contributed by atoms with Gasteiger partial charge in [-0.05, 0) is 36.9 Å². The quantitative estimate of drug-likeness (QED) is 0.678. The summed E-state index contributed by atoms with van der Waals surface area (Å²) in [4.78, 5) is 0. The average Bonchev–Trinajstić information content (AvgIpc) is 2.57. The molecule has 0 spiro atoms. The van der Waals surface area contributed by atoms with Crippen molar-refractivity contribution in [3.8, 4) is 0 Å². The zero-order valence-corrected chi connectivity index (χ0v) is 9.09. The Labute approximate surface area is 89.3 Å². The SMILES string of the molecule is Cc1ccc2c(ccn2CCCCl)c1. The topological polar surface area (TPSA) is 4.93 Å². The summed E-state index contributed by atoms with van der Waals surface area (Å²) >= 11 is 5.68. The molecule has 2 heteroatoms. The molecule has 0 bridgehead atoms. The number of alkyl halides is 1. The number of fused-ring (bicyclic) bond motifs is 1. The van der Waals surface area contributed by atoms with Crippen LogP contribution in [-0.4, -0.2) is 10.4 Å². The van der Waals surface area contributed by atoms with Crippen molar-refractivity contribution in [3.63, 3.8) is 0 Å². The fraction of sp³-hybridized carbons (Fsp3) is 0.333. The summed E-state index contributed by atoms with van der Waals surface area (Å²) in [6, 6.07) is 8.71. The number of halogens is 1. The van der Waals surface area contributed by atoms with Crippen LogP contribution in [0.25, 0.3) is 10.9 Å². The van der Waals surface area contributed by atoms with Crippen molar-refractivity contribution in [1.29, 1.82) is 0 Å². The van der Waals surface area contributed by atoms with E-state index < -0.39 is 0 Å². The first-order valence-corrected chi connectivity index (χ1v) is 5.46. The molecule has 1 heterocycles. The van der Waals surface area contributed by atoms with E-state index >= 15 is 0 Å². The summed E-state index contributed by atoms with van der Waals surface area (Å²) in [5.74, 6) is 0.728. The zero-order valence-electron chi connectivity index (χ0n) is 8.33. The normalized spacial score (nSPS) is 11.0. The monoisotopic (exact) mass is 207 g/mol. The van der Waals surface area contributed by atoms with Crippen LogP contribution in [0.3, 0.4) is 0 Å². The van der Waals surface area contributed by atoms with Gasteiger partial charge in [0.2, 0.25) is 0 Å². The number of rotatable bonds is 3. The highest BCUT2D eigenvalue weighted by Crippen LogP contribution is 2.17. The van der Waals surface area contributed by atoms with Gasteiger partial charge in [0.15, 0.2) is 0 Å². The van der Waals surface area contributed by atoms with E-state index in [2.05, 4.69) is 42.0 Å². The van der Waals surface area contributed by atoms with E-state index in [0.717, 1.165) is 18.8 Å². The summed E-state index contributed by atoms with van der Waals surface area (Å²) in [6.45, 7) is 3.13. The molecule has 0 aliphatic rings. The van der Waals surface area contributed by atoms with E-state index in [-0.39, 0.29) is 0 Å². The number of hydrogen-bond donors (Lipinski definition) is 0. The van der Waals surface area contributed by atoms with E-state index in [4.69, 9.17) is 11.6 Å². The Balaban J connectivity index is 2.37. The minimum atomic E-state index is 0.728. The molecule has 0 N–H and O–H groups in total. The standard InChI is InChI=1S/C12H14ClN/c1-10-3-4-12-11(9-10)5-8-14(12)7-2-6-13/h3-5,8-9H,2,6-7H2,1H3. The summed E-state index contributed by atoms with van der Waals surface area (Å²) in [6.07, 6.45) is 3.16. The van der Waals surface area contributed by atoms with Crippen LogP contribution in [0.15, 0.2) is 30.5 Å². The maximum Gasteiger partial charge on any atom is 0.0480 e. The average molecular weight is 208 g/mol. The lowest BCUT2D eigenvalue weighted by Crippen LogP contribution is -1.96. The zero-order chi connectivity index (χ0) is 9.97. The number of aromatic nitrogens is 1. The van der Waals surface area contributed by atoms with Gasteiger partial charge in [0.05, 0.1) is 0 Å². The van der Waals surface area contributed by atoms with E-state index in [1.807, 2.05) is 0 Å². The highest BCUT2D eigenvalue weighted by Gasteiger charge is 1.99. The van der Waals surface area contributed by atoms with Gasteiger partial charge in [0, 0.05) is 24.1 Å². The molecule has 0 saturated heterocycles. The van der Waals surface area contributed by atoms with Crippen molar-refractivity contribution < 1.29 is 0 Å². The van der Waals surface area contributed by atoms with Gasteiger partial charge in [0.25, 0.3) is 0 Å². The Morgan fingerprint density at radius 1 is 1.29 bits per heavy atom.